The third kappa shape index (κ3) is 1.69. The van der Waals surface area contributed by atoms with Gasteiger partial charge in [0.15, 0.2) is 4.90 Å². The lowest BCUT2D eigenvalue weighted by atomic mass is 10.1. The molecule has 1 aromatic rings. The van der Waals surface area contributed by atoms with Gasteiger partial charge in [-0.1, -0.05) is 15.9 Å². The average Bonchev–Trinajstić information content (AvgIpc) is 2.40. The maximum absolute atomic E-state index is 13.2. The second kappa shape index (κ2) is 3.96. The first-order valence-corrected chi connectivity index (χ1v) is 6.17. The molecular weight excluding hydrogens is 328 g/mol. The molecule has 0 fully saturated rings. The molecule has 0 amide bonds. The number of Topliss-reactive ketones (excluding diaryl/α,β-unsaturated/α-hetero) is 1. The van der Waals surface area contributed by atoms with Crippen molar-refractivity contribution in [3.8, 4) is 0 Å². The molecule has 0 aliphatic carbocycles. The summed E-state index contributed by atoms with van der Waals surface area (Å²) in [5.74, 6) is -1.68. The molecule has 0 bridgehead atoms. The highest BCUT2D eigenvalue weighted by molar-refractivity contribution is 9.10. The average molecular weight is 331 g/mol. The van der Waals surface area contributed by atoms with Crippen molar-refractivity contribution in [1.29, 1.82) is 0 Å². The van der Waals surface area contributed by atoms with Crippen LogP contribution in [0.4, 0.5) is 17.6 Å². The van der Waals surface area contributed by atoms with Gasteiger partial charge in [-0.3, -0.25) is 4.79 Å². The molecule has 17 heavy (non-hydrogen) atoms. The van der Waals surface area contributed by atoms with Gasteiger partial charge in [0.1, 0.15) is 0 Å². The van der Waals surface area contributed by atoms with Crippen molar-refractivity contribution in [2.75, 3.05) is 0 Å². The van der Waals surface area contributed by atoms with Crippen LogP contribution in [0, 0.1) is 0 Å². The van der Waals surface area contributed by atoms with Crippen molar-refractivity contribution in [2.45, 2.75) is 16.6 Å². The van der Waals surface area contributed by atoms with Gasteiger partial charge in [-0.25, -0.2) is 8.78 Å². The number of alkyl halides is 4. The molecule has 1 aliphatic heterocycles. The third-order valence-corrected chi connectivity index (χ3v) is 4.44. The molecule has 0 saturated heterocycles. The second-order valence-corrected chi connectivity index (χ2v) is 5.57. The SMILES string of the molecule is O=C1c2ccc(Br)c(C(F)F)c2[S+]([O-])C1(F)F. The largest absolute Gasteiger partial charge is 0.606 e. The highest BCUT2D eigenvalue weighted by Gasteiger charge is 2.62. The third-order valence-electron chi connectivity index (χ3n) is 2.29. The Morgan fingerprint density at radius 2 is 1.94 bits per heavy atom. The summed E-state index contributed by atoms with van der Waals surface area (Å²) in [6.07, 6.45) is -3.09. The number of ketones is 1. The van der Waals surface area contributed by atoms with E-state index in [1.807, 2.05) is 0 Å². The van der Waals surface area contributed by atoms with E-state index in [9.17, 15) is 26.9 Å². The van der Waals surface area contributed by atoms with E-state index in [1.54, 1.807) is 0 Å². The zero-order valence-electron chi connectivity index (χ0n) is 7.85. The van der Waals surface area contributed by atoms with Gasteiger partial charge in [0.25, 0.3) is 12.2 Å². The van der Waals surface area contributed by atoms with Crippen molar-refractivity contribution >= 4 is 32.9 Å². The number of fused-ring (bicyclic) bond motifs is 1. The highest BCUT2D eigenvalue weighted by atomic mass is 79.9. The van der Waals surface area contributed by atoms with Crippen LogP contribution >= 0.6 is 15.9 Å². The van der Waals surface area contributed by atoms with Gasteiger partial charge >= 0.3 is 5.25 Å². The quantitative estimate of drug-likeness (QED) is 0.585. The molecule has 0 aromatic heterocycles. The van der Waals surface area contributed by atoms with Crippen LogP contribution in [-0.4, -0.2) is 15.6 Å². The van der Waals surface area contributed by atoms with Gasteiger partial charge < -0.3 is 4.55 Å². The summed E-state index contributed by atoms with van der Waals surface area (Å²) in [5.41, 5.74) is -1.42. The Kier molecular flexibility index (Phi) is 2.99. The molecule has 2 nitrogen and oxygen atoms in total. The first kappa shape index (κ1) is 12.8. The predicted molar refractivity (Wildman–Crippen MR) is 54.8 cm³/mol. The number of rotatable bonds is 1. The highest BCUT2D eigenvalue weighted by Crippen LogP contribution is 2.47. The molecule has 1 aromatic carbocycles. The Labute approximate surface area is 104 Å². The monoisotopic (exact) mass is 330 g/mol. The van der Waals surface area contributed by atoms with Crippen LogP contribution < -0.4 is 0 Å². The van der Waals surface area contributed by atoms with E-state index < -0.39 is 44.7 Å². The fraction of sp³-hybridized carbons (Fsp3) is 0.222. The Bertz CT molecular complexity index is 506. The van der Waals surface area contributed by atoms with Crippen molar-refractivity contribution in [3.63, 3.8) is 0 Å². The minimum absolute atomic E-state index is 0.148. The van der Waals surface area contributed by atoms with Crippen LogP contribution in [0.1, 0.15) is 22.3 Å². The minimum Gasteiger partial charge on any atom is -0.606 e. The Balaban J connectivity index is 2.75. The van der Waals surface area contributed by atoms with E-state index in [4.69, 9.17) is 0 Å². The van der Waals surface area contributed by atoms with E-state index in [-0.39, 0.29) is 4.47 Å². The van der Waals surface area contributed by atoms with Crippen molar-refractivity contribution in [3.05, 3.63) is 27.7 Å². The molecule has 0 radical (unpaired) electrons. The number of hydrogen-bond donors (Lipinski definition) is 0. The maximum atomic E-state index is 13.2. The topological polar surface area (TPSA) is 40.1 Å². The molecule has 0 N–H and O–H groups in total. The second-order valence-electron chi connectivity index (χ2n) is 3.25. The van der Waals surface area contributed by atoms with Crippen LogP contribution in [0.5, 0.6) is 0 Å². The summed E-state index contributed by atoms with van der Waals surface area (Å²) in [4.78, 5) is 10.4. The summed E-state index contributed by atoms with van der Waals surface area (Å²) >= 11 is -0.309. The first-order valence-electron chi connectivity index (χ1n) is 4.23. The Morgan fingerprint density at radius 3 is 2.47 bits per heavy atom. The van der Waals surface area contributed by atoms with E-state index in [0.717, 1.165) is 12.1 Å². The van der Waals surface area contributed by atoms with E-state index in [1.165, 1.54) is 0 Å². The molecule has 1 aliphatic rings. The normalized spacial score (nSPS) is 22.1. The molecule has 92 valence electrons. The molecule has 0 spiro atoms. The van der Waals surface area contributed by atoms with Crippen LogP contribution in [0.15, 0.2) is 21.5 Å². The number of carbonyl (C=O) groups is 1. The van der Waals surface area contributed by atoms with Crippen molar-refractivity contribution < 1.29 is 26.9 Å². The van der Waals surface area contributed by atoms with Crippen molar-refractivity contribution in [2.24, 2.45) is 0 Å². The molecular formula is C9H3BrF4O2S. The molecule has 1 unspecified atom stereocenters. The summed E-state index contributed by atoms with van der Waals surface area (Å²) in [6.45, 7) is 0. The zero-order chi connectivity index (χ0) is 13.0. The Hall–Kier alpha value is -0.600. The molecule has 1 atom stereocenters. The minimum atomic E-state index is -4.13. The van der Waals surface area contributed by atoms with Gasteiger partial charge in [-0.05, 0) is 12.1 Å². The lowest BCUT2D eigenvalue weighted by Gasteiger charge is -2.12. The van der Waals surface area contributed by atoms with Crippen LogP contribution in [0.2, 0.25) is 0 Å². The molecule has 8 heteroatoms. The van der Waals surface area contributed by atoms with Gasteiger partial charge in [-0.2, -0.15) is 0 Å². The van der Waals surface area contributed by atoms with E-state index in [2.05, 4.69) is 15.9 Å². The fourth-order valence-electron chi connectivity index (χ4n) is 1.53. The summed E-state index contributed by atoms with van der Waals surface area (Å²) < 4.78 is 63.1. The van der Waals surface area contributed by atoms with Crippen LogP contribution in [0.3, 0.4) is 0 Å². The first-order chi connectivity index (χ1) is 7.78. The van der Waals surface area contributed by atoms with Crippen molar-refractivity contribution in [1.82, 2.24) is 0 Å². The number of benzene rings is 1. The standard InChI is InChI=1S/C9H3BrF4O2S/c10-4-2-1-3-6(5(4)8(11)12)17(16)9(13,14)7(3)15/h1-2,8H. The lowest BCUT2D eigenvalue weighted by molar-refractivity contribution is 0.0549. The van der Waals surface area contributed by atoms with E-state index in [0.29, 0.717) is 0 Å². The molecule has 1 heterocycles. The van der Waals surface area contributed by atoms with Gasteiger partial charge in [0, 0.05) is 4.47 Å². The van der Waals surface area contributed by atoms with Crippen LogP contribution in [0.25, 0.3) is 0 Å². The van der Waals surface area contributed by atoms with Gasteiger partial charge in [0.05, 0.1) is 22.3 Å². The molecule has 0 saturated carbocycles. The zero-order valence-corrected chi connectivity index (χ0v) is 10.2. The maximum Gasteiger partial charge on any atom is 0.477 e. The lowest BCUT2D eigenvalue weighted by Crippen LogP contribution is -2.30. The van der Waals surface area contributed by atoms with Gasteiger partial charge in [0.2, 0.25) is 0 Å². The van der Waals surface area contributed by atoms with Crippen LogP contribution in [-0.2, 0) is 11.2 Å². The smallest absolute Gasteiger partial charge is 0.477 e. The molecule has 2 rings (SSSR count). The summed E-state index contributed by atoms with van der Waals surface area (Å²) in [5, 5.41) is -4.13. The number of carbonyl (C=O) groups excluding carboxylic acids is 1. The fourth-order valence-corrected chi connectivity index (χ4v) is 3.46. The van der Waals surface area contributed by atoms with E-state index >= 15 is 0 Å². The predicted octanol–water partition coefficient (Wildman–Crippen LogP) is 3.28. The van der Waals surface area contributed by atoms with Gasteiger partial charge in [-0.15, -0.1) is 8.78 Å². The summed E-state index contributed by atoms with van der Waals surface area (Å²) in [6, 6.07) is 2.03. The number of hydrogen-bond acceptors (Lipinski definition) is 2. The summed E-state index contributed by atoms with van der Waals surface area (Å²) in [7, 11) is 0. The Morgan fingerprint density at radius 1 is 1.35 bits per heavy atom. The number of halogens is 5.